The van der Waals surface area contributed by atoms with Crippen LogP contribution in [0.4, 0.5) is 0 Å². The third-order valence-electron chi connectivity index (χ3n) is 1.97. The van der Waals surface area contributed by atoms with Crippen LogP contribution in [-0.4, -0.2) is 13.7 Å². The number of aryl methyl sites for hydroxylation is 1. The van der Waals surface area contributed by atoms with Crippen molar-refractivity contribution < 1.29 is 4.74 Å². The summed E-state index contributed by atoms with van der Waals surface area (Å²) < 4.78 is 6.15. The van der Waals surface area contributed by atoms with E-state index in [1.807, 2.05) is 12.1 Å². The van der Waals surface area contributed by atoms with E-state index in [-0.39, 0.29) is 0 Å². The van der Waals surface area contributed by atoms with Crippen LogP contribution in [0, 0.1) is 0 Å². The minimum atomic E-state index is 0.621. The molecule has 0 aliphatic carbocycles. The highest BCUT2D eigenvalue weighted by atomic mass is 79.9. The van der Waals surface area contributed by atoms with E-state index in [4.69, 9.17) is 22.1 Å². The second-order valence-electron chi connectivity index (χ2n) is 2.97. The first kappa shape index (κ1) is 11.8. The van der Waals surface area contributed by atoms with Gasteiger partial charge in [-0.25, -0.2) is 0 Å². The van der Waals surface area contributed by atoms with Gasteiger partial charge < -0.3 is 10.5 Å². The molecule has 2 N–H and O–H groups in total. The summed E-state index contributed by atoms with van der Waals surface area (Å²) in [6.07, 6.45) is 1.90. The Bertz CT molecular complexity index is 317. The molecule has 1 aromatic carbocycles. The topological polar surface area (TPSA) is 35.2 Å². The summed E-state index contributed by atoms with van der Waals surface area (Å²) in [5.74, 6) is 0.710. The minimum absolute atomic E-state index is 0.621. The average molecular weight is 279 g/mol. The number of methoxy groups -OCH3 is 1. The molecule has 78 valence electrons. The predicted molar refractivity (Wildman–Crippen MR) is 63.1 cm³/mol. The van der Waals surface area contributed by atoms with Gasteiger partial charge in [0.05, 0.1) is 12.1 Å². The zero-order valence-corrected chi connectivity index (χ0v) is 10.4. The van der Waals surface area contributed by atoms with Crippen LogP contribution in [-0.2, 0) is 6.42 Å². The molecule has 0 spiro atoms. The molecule has 1 aromatic rings. The lowest BCUT2D eigenvalue weighted by molar-refractivity contribution is 0.414. The first-order valence-electron chi connectivity index (χ1n) is 4.41. The quantitative estimate of drug-likeness (QED) is 0.919. The first-order valence-corrected chi connectivity index (χ1v) is 5.58. The molecule has 0 fully saturated rings. The number of rotatable bonds is 4. The van der Waals surface area contributed by atoms with Gasteiger partial charge in [-0.2, -0.15) is 0 Å². The van der Waals surface area contributed by atoms with Gasteiger partial charge in [-0.3, -0.25) is 0 Å². The number of halogens is 2. The maximum Gasteiger partial charge on any atom is 0.137 e. The van der Waals surface area contributed by atoms with Crippen molar-refractivity contribution in [3.05, 3.63) is 27.2 Å². The highest BCUT2D eigenvalue weighted by Crippen LogP contribution is 2.31. The lowest BCUT2D eigenvalue weighted by Crippen LogP contribution is -2.01. The molecule has 0 bridgehead atoms. The monoisotopic (exact) mass is 277 g/mol. The Morgan fingerprint density at radius 3 is 2.79 bits per heavy atom. The molecular weight excluding hydrogens is 265 g/mol. The van der Waals surface area contributed by atoms with Gasteiger partial charge in [-0.05, 0) is 37.1 Å². The van der Waals surface area contributed by atoms with Gasteiger partial charge in [-0.15, -0.1) is 0 Å². The predicted octanol–water partition coefficient (Wildman–Crippen LogP) is 3.00. The molecular formula is C10H13BrClNO. The summed E-state index contributed by atoms with van der Waals surface area (Å²) in [6, 6.07) is 3.80. The Labute approximate surface area is 97.5 Å². The fourth-order valence-corrected chi connectivity index (χ4v) is 2.13. The summed E-state index contributed by atoms with van der Waals surface area (Å²) in [7, 11) is 1.61. The molecule has 14 heavy (non-hydrogen) atoms. The SMILES string of the molecule is COc1cc(CCCN)c(Br)cc1Cl. The van der Waals surface area contributed by atoms with Crippen molar-refractivity contribution in [2.45, 2.75) is 12.8 Å². The van der Waals surface area contributed by atoms with Gasteiger partial charge in [0, 0.05) is 4.47 Å². The van der Waals surface area contributed by atoms with E-state index >= 15 is 0 Å². The number of nitrogens with two attached hydrogens (primary N) is 1. The van der Waals surface area contributed by atoms with Crippen LogP contribution in [0.25, 0.3) is 0 Å². The molecule has 0 amide bonds. The number of hydrogen-bond donors (Lipinski definition) is 1. The van der Waals surface area contributed by atoms with E-state index < -0.39 is 0 Å². The highest BCUT2D eigenvalue weighted by molar-refractivity contribution is 9.10. The summed E-state index contributed by atoms with van der Waals surface area (Å²) in [5, 5.41) is 0.621. The standard InChI is InChI=1S/C10H13BrClNO/c1-14-10-5-7(3-2-4-13)8(11)6-9(10)12/h5-6H,2-4,13H2,1H3. The van der Waals surface area contributed by atoms with Crippen LogP contribution in [0.1, 0.15) is 12.0 Å². The zero-order chi connectivity index (χ0) is 10.6. The Morgan fingerprint density at radius 1 is 1.50 bits per heavy atom. The number of ether oxygens (including phenoxy) is 1. The van der Waals surface area contributed by atoms with Gasteiger partial charge in [0.15, 0.2) is 0 Å². The fourth-order valence-electron chi connectivity index (χ4n) is 1.21. The second-order valence-corrected chi connectivity index (χ2v) is 4.23. The fraction of sp³-hybridized carbons (Fsp3) is 0.400. The Morgan fingerprint density at radius 2 is 2.21 bits per heavy atom. The molecule has 4 heteroatoms. The van der Waals surface area contributed by atoms with E-state index in [0.717, 1.165) is 17.3 Å². The lowest BCUT2D eigenvalue weighted by Gasteiger charge is -2.08. The largest absolute Gasteiger partial charge is 0.495 e. The van der Waals surface area contributed by atoms with Crippen LogP contribution >= 0.6 is 27.5 Å². The van der Waals surface area contributed by atoms with E-state index in [9.17, 15) is 0 Å². The van der Waals surface area contributed by atoms with E-state index in [1.165, 1.54) is 5.56 Å². The van der Waals surface area contributed by atoms with E-state index in [0.29, 0.717) is 17.3 Å². The van der Waals surface area contributed by atoms with Crippen LogP contribution in [0.2, 0.25) is 5.02 Å². The second kappa shape index (κ2) is 5.59. The van der Waals surface area contributed by atoms with Crippen molar-refractivity contribution in [2.75, 3.05) is 13.7 Å². The molecule has 0 aliphatic heterocycles. The maximum atomic E-state index is 5.96. The molecule has 0 atom stereocenters. The summed E-state index contributed by atoms with van der Waals surface area (Å²) in [5.41, 5.74) is 6.63. The molecule has 2 nitrogen and oxygen atoms in total. The van der Waals surface area contributed by atoms with Crippen LogP contribution < -0.4 is 10.5 Å². The van der Waals surface area contributed by atoms with Crippen molar-refractivity contribution in [1.29, 1.82) is 0 Å². The van der Waals surface area contributed by atoms with Crippen molar-refractivity contribution in [3.63, 3.8) is 0 Å². The Kier molecular flexibility index (Phi) is 4.72. The van der Waals surface area contributed by atoms with E-state index in [1.54, 1.807) is 7.11 Å². The van der Waals surface area contributed by atoms with Gasteiger partial charge in [0.1, 0.15) is 5.75 Å². The van der Waals surface area contributed by atoms with Crippen molar-refractivity contribution >= 4 is 27.5 Å². The average Bonchev–Trinajstić information content (AvgIpc) is 2.17. The van der Waals surface area contributed by atoms with Crippen LogP contribution in [0.5, 0.6) is 5.75 Å². The molecule has 0 unspecified atom stereocenters. The first-order chi connectivity index (χ1) is 6.69. The minimum Gasteiger partial charge on any atom is -0.495 e. The lowest BCUT2D eigenvalue weighted by atomic mass is 10.1. The molecule has 1 rings (SSSR count). The Balaban J connectivity index is 2.92. The normalized spacial score (nSPS) is 10.3. The zero-order valence-electron chi connectivity index (χ0n) is 8.02. The molecule has 0 saturated heterocycles. The van der Waals surface area contributed by atoms with Crippen molar-refractivity contribution in [3.8, 4) is 5.75 Å². The molecule has 0 heterocycles. The van der Waals surface area contributed by atoms with Gasteiger partial charge in [-0.1, -0.05) is 27.5 Å². The molecule has 0 radical (unpaired) electrons. The van der Waals surface area contributed by atoms with Crippen molar-refractivity contribution in [1.82, 2.24) is 0 Å². The van der Waals surface area contributed by atoms with Gasteiger partial charge in [0.25, 0.3) is 0 Å². The molecule has 0 aliphatic rings. The van der Waals surface area contributed by atoms with Crippen LogP contribution in [0.3, 0.4) is 0 Å². The molecule has 0 saturated carbocycles. The Hall–Kier alpha value is -0.250. The van der Waals surface area contributed by atoms with Gasteiger partial charge in [0.2, 0.25) is 0 Å². The molecule has 0 aromatic heterocycles. The van der Waals surface area contributed by atoms with Gasteiger partial charge >= 0.3 is 0 Å². The third-order valence-corrected chi connectivity index (χ3v) is 3.00. The third kappa shape index (κ3) is 2.87. The number of hydrogen-bond acceptors (Lipinski definition) is 2. The smallest absolute Gasteiger partial charge is 0.137 e. The van der Waals surface area contributed by atoms with Crippen molar-refractivity contribution in [2.24, 2.45) is 5.73 Å². The highest BCUT2D eigenvalue weighted by Gasteiger charge is 2.06. The van der Waals surface area contributed by atoms with Crippen LogP contribution in [0.15, 0.2) is 16.6 Å². The number of benzene rings is 1. The van der Waals surface area contributed by atoms with E-state index in [2.05, 4.69) is 15.9 Å². The summed E-state index contributed by atoms with van der Waals surface area (Å²) in [6.45, 7) is 0.692. The maximum absolute atomic E-state index is 5.96. The summed E-state index contributed by atoms with van der Waals surface area (Å²) in [4.78, 5) is 0. The summed E-state index contributed by atoms with van der Waals surface area (Å²) >= 11 is 9.42.